The minimum absolute atomic E-state index is 0.759. The SMILES string of the molecule is CC(C)CCCNc1cc(NCCS)ncn1. The van der Waals surface area contributed by atoms with Crippen molar-refractivity contribution in [2.24, 2.45) is 5.92 Å². The molecule has 1 rings (SSSR count). The minimum atomic E-state index is 0.759. The summed E-state index contributed by atoms with van der Waals surface area (Å²) < 4.78 is 0. The van der Waals surface area contributed by atoms with Crippen molar-refractivity contribution in [1.82, 2.24) is 9.97 Å². The number of nitrogens with zero attached hydrogens (tertiary/aromatic N) is 2. The summed E-state index contributed by atoms with van der Waals surface area (Å²) in [6, 6.07) is 1.93. The van der Waals surface area contributed by atoms with Gasteiger partial charge in [0.05, 0.1) is 0 Å². The van der Waals surface area contributed by atoms with E-state index in [1.807, 2.05) is 6.07 Å². The molecule has 0 atom stereocenters. The number of nitrogens with one attached hydrogen (secondary N) is 2. The zero-order chi connectivity index (χ0) is 12.5. The van der Waals surface area contributed by atoms with Crippen LogP contribution >= 0.6 is 12.6 Å². The van der Waals surface area contributed by atoms with Gasteiger partial charge in [-0.15, -0.1) is 0 Å². The van der Waals surface area contributed by atoms with Gasteiger partial charge in [0.25, 0.3) is 0 Å². The van der Waals surface area contributed by atoms with Crippen LogP contribution in [0.25, 0.3) is 0 Å². The Balaban J connectivity index is 2.32. The Morgan fingerprint density at radius 1 is 1.18 bits per heavy atom. The molecule has 0 aliphatic carbocycles. The first-order valence-corrected chi connectivity index (χ1v) is 6.76. The monoisotopic (exact) mass is 254 g/mol. The van der Waals surface area contributed by atoms with Gasteiger partial charge in [0.2, 0.25) is 0 Å². The molecule has 0 aliphatic heterocycles. The van der Waals surface area contributed by atoms with E-state index < -0.39 is 0 Å². The van der Waals surface area contributed by atoms with E-state index in [-0.39, 0.29) is 0 Å². The fourth-order valence-corrected chi connectivity index (χ4v) is 1.57. The van der Waals surface area contributed by atoms with Crippen LogP contribution in [-0.2, 0) is 0 Å². The molecule has 0 saturated carbocycles. The number of aromatic nitrogens is 2. The highest BCUT2D eigenvalue weighted by Crippen LogP contribution is 2.09. The van der Waals surface area contributed by atoms with Crippen molar-refractivity contribution in [3.8, 4) is 0 Å². The number of thiol groups is 1. The summed E-state index contributed by atoms with van der Waals surface area (Å²) >= 11 is 4.14. The van der Waals surface area contributed by atoms with Crippen LogP contribution in [0.15, 0.2) is 12.4 Å². The van der Waals surface area contributed by atoms with Gasteiger partial charge in [-0.1, -0.05) is 13.8 Å². The standard InChI is InChI=1S/C12H22N4S/c1-10(2)4-3-5-13-11-8-12(14-6-7-17)16-9-15-11/h8-10,17H,3-7H2,1-2H3,(H2,13,14,15,16). The third-order valence-electron chi connectivity index (χ3n) is 2.35. The van der Waals surface area contributed by atoms with E-state index in [0.29, 0.717) is 0 Å². The van der Waals surface area contributed by atoms with E-state index >= 15 is 0 Å². The third-order valence-corrected chi connectivity index (χ3v) is 2.57. The lowest BCUT2D eigenvalue weighted by molar-refractivity contribution is 0.566. The summed E-state index contributed by atoms with van der Waals surface area (Å²) in [5.41, 5.74) is 0. The lowest BCUT2D eigenvalue weighted by atomic mass is 10.1. The minimum Gasteiger partial charge on any atom is -0.370 e. The van der Waals surface area contributed by atoms with Gasteiger partial charge in [-0.05, 0) is 18.8 Å². The maximum Gasteiger partial charge on any atom is 0.131 e. The lowest BCUT2D eigenvalue weighted by Gasteiger charge is -2.08. The van der Waals surface area contributed by atoms with Gasteiger partial charge >= 0.3 is 0 Å². The van der Waals surface area contributed by atoms with E-state index in [2.05, 4.69) is 47.1 Å². The van der Waals surface area contributed by atoms with E-state index in [1.54, 1.807) is 6.33 Å². The molecule has 96 valence electrons. The maximum atomic E-state index is 4.18. The Morgan fingerprint density at radius 3 is 2.41 bits per heavy atom. The molecule has 17 heavy (non-hydrogen) atoms. The number of anilines is 2. The Hall–Kier alpha value is -0.970. The highest BCUT2D eigenvalue weighted by molar-refractivity contribution is 7.80. The van der Waals surface area contributed by atoms with Crippen molar-refractivity contribution < 1.29 is 0 Å². The first-order valence-electron chi connectivity index (χ1n) is 6.13. The Bertz CT molecular complexity index is 317. The van der Waals surface area contributed by atoms with Crippen LogP contribution < -0.4 is 10.6 Å². The molecule has 1 aromatic rings. The predicted octanol–water partition coefficient (Wildman–Crippen LogP) is 2.67. The molecule has 1 heterocycles. The highest BCUT2D eigenvalue weighted by atomic mass is 32.1. The molecular weight excluding hydrogens is 232 g/mol. The summed E-state index contributed by atoms with van der Waals surface area (Å²) in [5.74, 6) is 3.28. The van der Waals surface area contributed by atoms with Crippen molar-refractivity contribution >= 4 is 24.3 Å². The maximum absolute atomic E-state index is 4.18. The van der Waals surface area contributed by atoms with Crippen LogP contribution in [0.2, 0.25) is 0 Å². The van der Waals surface area contributed by atoms with Crippen LogP contribution in [0, 0.1) is 5.92 Å². The average molecular weight is 254 g/mol. The zero-order valence-electron chi connectivity index (χ0n) is 10.6. The van der Waals surface area contributed by atoms with Gasteiger partial charge in [-0.3, -0.25) is 0 Å². The molecule has 0 bridgehead atoms. The van der Waals surface area contributed by atoms with Crippen molar-refractivity contribution in [3.63, 3.8) is 0 Å². The van der Waals surface area contributed by atoms with Crippen molar-refractivity contribution in [3.05, 3.63) is 12.4 Å². The average Bonchev–Trinajstić information content (AvgIpc) is 2.32. The molecule has 0 amide bonds. The van der Waals surface area contributed by atoms with Gasteiger partial charge in [0.15, 0.2) is 0 Å². The molecule has 0 spiro atoms. The molecule has 0 fully saturated rings. The highest BCUT2D eigenvalue weighted by Gasteiger charge is 1.98. The summed E-state index contributed by atoms with van der Waals surface area (Å²) in [4.78, 5) is 8.32. The molecule has 4 nitrogen and oxygen atoms in total. The molecule has 0 unspecified atom stereocenters. The van der Waals surface area contributed by atoms with Crippen LogP contribution in [0.1, 0.15) is 26.7 Å². The van der Waals surface area contributed by atoms with Gasteiger partial charge in [-0.25, -0.2) is 9.97 Å². The predicted molar refractivity (Wildman–Crippen MR) is 76.9 cm³/mol. The number of rotatable bonds is 8. The Kier molecular flexibility index (Phi) is 6.77. The quantitative estimate of drug-likeness (QED) is 0.493. The second-order valence-electron chi connectivity index (χ2n) is 4.40. The van der Waals surface area contributed by atoms with E-state index in [1.165, 1.54) is 12.8 Å². The summed E-state index contributed by atoms with van der Waals surface area (Å²) in [6.07, 6.45) is 3.98. The molecule has 0 aromatic carbocycles. The normalized spacial score (nSPS) is 10.6. The summed E-state index contributed by atoms with van der Waals surface area (Å²) in [6.45, 7) is 6.25. The number of hydrogen-bond acceptors (Lipinski definition) is 5. The largest absolute Gasteiger partial charge is 0.370 e. The van der Waals surface area contributed by atoms with Gasteiger partial charge < -0.3 is 10.6 Å². The second-order valence-corrected chi connectivity index (χ2v) is 4.85. The topological polar surface area (TPSA) is 49.8 Å². The fourth-order valence-electron chi connectivity index (χ4n) is 1.46. The molecule has 5 heteroatoms. The van der Waals surface area contributed by atoms with Gasteiger partial charge in [0.1, 0.15) is 18.0 Å². The first-order chi connectivity index (χ1) is 8.22. The number of hydrogen-bond donors (Lipinski definition) is 3. The molecule has 0 saturated heterocycles. The third kappa shape index (κ3) is 6.36. The van der Waals surface area contributed by atoms with Crippen molar-refractivity contribution in [1.29, 1.82) is 0 Å². The fraction of sp³-hybridized carbons (Fsp3) is 0.667. The van der Waals surface area contributed by atoms with Crippen LogP contribution in [0.3, 0.4) is 0 Å². The first kappa shape index (κ1) is 14.1. The van der Waals surface area contributed by atoms with Crippen molar-refractivity contribution in [2.75, 3.05) is 29.5 Å². The van der Waals surface area contributed by atoms with Gasteiger partial charge in [0, 0.05) is 24.9 Å². The van der Waals surface area contributed by atoms with E-state index in [4.69, 9.17) is 0 Å². The van der Waals surface area contributed by atoms with E-state index in [9.17, 15) is 0 Å². The van der Waals surface area contributed by atoms with Crippen LogP contribution in [0.4, 0.5) is 11.6 Å². The van der Waals surface area contributed by atoms with E-state index in [0.717, 1.165) is 36.4 Å². The molecule has 2 N–H and O–H groups in total. The molecule has 0 radical (unpaired) electrons. The smallest absolute Gasteiger partial charge is 0.131 e. The molecule has 1 aromatic heterocycles. The lowest BCUT2D eigenvalue weighted by Crippen LogP contribution is -2.08. The molecule has 0 aliphatic rings. The second kappa shape index (κ2) is 8.17. The molecular formula is C12H22N4S. The van der Waals surface area contributed by atoms with Crippen LogP contribution in [-0.4, -0.2) is 28.8 Å². The Morgan fingerprint density at radius 2 is 1.82 bits per heavy atom. The van der Waals surface area contributed by atoms with Crippen LogP contribution in [0.5, 0.6) is 0 Å². The van der Waals surface area contributed by atoms with Gasteiger partial charge in [-0.2, -0.15) is 12.6 Å². The van der Waals surface area contributed by atoms with Crippen molar-refractivity contribution in [2.45, 2.75) is 26.7 Å². The summed E-state index contributed by atoms with van der Waals surface area (Å²) in [5, 5.41) is 6.48. The summed E-state index contributed by atoms with van der Waals surface area (Å²) in [7, 11) is 0. The zero-order valence-corrected chi connectivity index (χ0v) is 11.5. The Labute approximate surface area is 109 Å².